The second-order valence-electron chi connectivity index (χ2n) is 7.91. The van der Waals surface area contributed by atoms with E-state index < -0.39 is 5.60 Å². The van der Waals surface area contributed by atoms with Gasteiger partial charge in [0.1, 0.15) is 0 Å². The zero-order valence-electron chi connectivity index (χ0n) is 15.2. The molecule has 2 rings (SSSR count). The maximum atomic E-state index is 12.1. The third-order valence-corrected chi connectivity index (χ3v) is 5.53. The van der Waals surface area contributed by atoms with E-state index in [1.807, 2.05) is 7.05 Å². The molecule has 1 aliphatic carbocycles. The van der Waals surface area contributed by atoms with Crippen molar-refractivity contribution in [2.75, 3.05) is 33.2 Å². The van der Waals surface area contributed by atoms with E-state index in [1.54, 1.807) is 0 Å². The van der Waals surface area contributed by atoms with Crippen molar-refractivity contribution in [3.8, 4) is 0 Å². The van der Waals surface area contributed by atoms with Gasteiger partial charge in [-0.15, -0.1) is 0 Å². The second kappa shape index (κ2) is 8.45. The summed E-state index contributed by atoms with van der Waals surface area (Å²) in [6.07, 6.45) is 7.47. The van der Waals surface area contributed by atoms with Gasteiger partial charge in [-0.3, -0.25) is 9.69 Å². The lowest BCUT2D eigenvalue weighted by atomic mass is 9.84. The van der Waals surface area contributed by atoms with Crippen LogP contribution in [0.5, 0.6) is 0 Å². The normalized spacial score (nSPS) is 23.4. The molecule has 5 heteroatoms. The first kappa shape index (κ1) is 18.7. The molecule has 0 spiro atoms. The molecule has 1 heterocycles. The van der Waals surface area contributed by atoms with Gasteiger partial charge in [0, 0.05) is 31.7 Å². The molecule has 1 aliphatic heterocycles. The number of β-amino-alcohol motifs (C(OH)–C–C–N with tert-alkyl or cyclic N) is 1. The number of hydrogen-bond acceptors (Lipinski definition) is 4. The van der Waals surface area contributed by atoms with Gasteiger partial charge in [0.2, 0.25) is 5.91 Å². The largest absolute Gasteiger partial charge is 0.389 e. The van der Waals surface area contributed by atoms with E-state index in [4.69, 9.17) is 0 Å². The van der Waals surface area contributed by atoms with Crippen LogP contribution in [0, 0.1) is 0 Å². The van der Waals surface area contributed by atoms with Crippen molar-refractivity contribution in [1.82, 2.24) is 15.1 Å². The highest BCUT2D eigenvalue weighted by Gasteiger charge is 2.32. The number of nitrogens with zero attached hydrogens (tertiary/aromatic N) is 2. The lowest BCUT2D eigenvalue weighted by Gasteiger charge is -2.40. The number of rotatable bonds is 6. The van der Waals surface area contributed by atoms with Crippen LogP contribution in [0.4, 0.5) is 0 Å². The van der Waals surface area contributed by atoms with Gasteiger partial charge in [-0.05, 0) is 46.6 Å². The minimum absolute atomic E-state index is 0.130. The van der Waals surface area contributed by atoms with Gasteiger partial charge in [0.05, 0.1) is 12.1 Å². The van der Waals surface area contributed by atoms with Crippen LogP contribution in [0.2, 0.25) is 0 Å². The minimum atomic E-state index is -0.464. The van der Waals surface area contributed by atoms with Crippen LogP contribution in [-0.2, 0) is 4.79 Å². The molecule has 0 aromatic carbocycles. The summed E-state index contributed by atoms with van der Waals surface area (Å²) in [4.78, 5) is 16.5. The van der Waals surface area contributed by atoms with Gasteiger partial charge in [-0.1, -0.05) is 19.3 Å². The maximum absolute atomic E-state index is 12.1. The highest BCUT2D eigenvalue weighted by atomic mass is 16.3. The number of amides is 1. The molecule has 134 valence electrons. The van der Waals surface area contributed by atoms with Gasteiger partial charge in [0.25, 0.3) is 0 Å². The third-order valence-electron chi connectivity index (χ3n) is 5.53. The number of hydrogen-bond donors (Lipinski definition) is 2. The van der Waals surface area contributed by atoms with Gasteiger partial charge < -0.3 is 15.3 Å². The van der Waals surface area contributed by atoms with Crippen molar-refractivity contribution < 1.29 is 9.90 Å². The number of likely N-dealkylation sites (tertiary alicyclic amines) is 1. The summed E-state index contributed by atoms with van der Waals surface area (Å²) >= 11 is 0. The maximum Gasteiger partial charge on any atom is 0.234 e. The van der Waals surface area contributed by atoms with E-state index in [2.05, 4.69) is 29.0 Å². The van der Waals surface area contributed by atoms with Crippen molar-refractivity contribution in [2.24, 2.45) is 0 Å². The quantitative estimate of drug-likeness (QED) is 0.779. The number of likely N-dealkylation sites (N-methyl/N-ethyl adjacent to an activating group) is 1. The van der Waals surface area contributed by atoms with E-state index in [0.29, 0.717) is 18.6 Å². The molecule has 1 saturated carbocycles. The number of carbonyl (C=O) groups is 1. The van der Waals surface area contributed by atoms with Crippen molar-refractivity contribution in [3.63, 3.8) is 0 Å². The minimum Gasteiger partial charge on any atom is -0.389 e. The molecular weight excluding hydrogens is 290 g/mol. The van der Waals surface area contributed by atoms with Crippen LogP contribution in [0.25, 0.3) is 0 Å². The molecule has 0 aromatic heterocycles. The van der Waals surface area contributed by atoms with Crippen LogP contribution in [0.1, 0.15) is 58.8 Å². The van der Waals surface area contributed by atoms with Crippen LogP contribution in [-0.4, -0.2) is 71.7 Å². The monoisotopic (exact) mass is 325 g/mol. The molecular formula is C18H35N3O2. The summed E-state index contributed by atoms with van der Waals surface area (Å²) in [6.45, 7) is 7.44. The van der Waals surface area contributed by atoms with Crippen LogP contribution in [0.3, 0.4) is 0 Å². The molecule has 0 aromatic rings. The first-order valence-electron chi connectivity index (χ1n) is 9.32. The molecule has 2 N–H and O–H groups in total. The molecule has 0 unspecified atom stereocenters. The zero-order valence-corrected chi connectivity index (χ0v) is 15.2. The Morgan fingerprint density at radius 1 is 1.26 bits per heavy atom. The smallest absolute Gasteiger partial charge is 0.234 e. The van der Waals surface area contributed by atoms with E-state index in [9.17, 15) is 9.90 Å². The summed E-state index contributed by atoms with van der Waals surface area (Å²) < 4.78 is 0. The predicted octanol–water partition coefficient (Wildman–Crippen LogP) is 1.60. The fourth-order valence-corrected chi connectivity index (χ4v) is 3.70. The Balaban J connectivity index is 1.68. The lowest BCUT2D eigenvalue weighted by Crippen LogP contribution is -2.51. The van der Waals surface area contributed by atoms with Crippen molar-refractivity contribution in [3.05, 3.63) is 0 Å². The number of piperidine rings is 1. The SMILES string of the molecule is CC(C)N(C)CC(=O)NC1CCN(CC2(O)CCCCC2)CC1. The highest BCUT2D eigenvalue weighted by molar-refractivity contribution is 5.78. The molecule has 0 radical (unpaired) electrons. The van der Waals surface area contributed by atoms with Gasteiger partial charge in [0.15, 0.2) is 0 Å². The Morgan fingerprint density at radius 3 is 2.43 bits per heavy atom. The van der Waals surface area contributed by atoms with Crippen LogP contribution >= 0.6 is 0 Å². The van der Waals surface area contributed by atoms with Crippen LogP contribution < -0.4 is 5.32 Å². The topological polar surface area (TPSA) is 55.8 Å². The second-order valence-corrected chi connectivity index (χ2v) is 7.91. The molecule has 0 atom stereocenters. The average Bonchev–Trinajstić information content (AvgIpc) is 2.49. The van der Waals surface area contributed by atoms with Crippen LogP contribution in [0.15, 0.2) is 0 Å². The lowest BCUT2D eigenvalue weighted by molar-refractivity contribution is -0.123. The number of carbonyl (C=O) groups excluding carboxylic acids is 1. The summed E-state index contributed by atoms with van der Waals surface area (Å²) in [5.74, 6) is 0.130. The first-order valence-corrected chi connectivity index (χ1v) is 9.32. The van der Waals surface area contributed by atoms with Gasteiger partial charge in [-0.2, -0.15) is 0 Å². The summed E-state index contributed by atoms with van der Waals surface area (Å²) in [7, 11) is 1.98. The zero-order chi connectivity index (χ0) is 16.9. The average molecular weight is 325 g/mol. The van der Waals surface area contributed by atoms with E-state index in [-0.39, 0.29) is 5.91 Å². The molecule has 2 fully saturated rings. The van der Waals surface area contributed by atoms with Gasteiger partial charge >= 0.3 is 0 Å². The fourth-order valence-electron chi connectivity index (χ4n) is 3.70. The molecule has 0 bridgehead atoms. The Hall–Kier alpha value is -0.650. The molecule has 1 amide bonds. The van der Waals surface area contributed by atoms with Crippen molar-refractivity contribution in [1.29, 1.82) is 0 Å². The summed E-state index contributed by atoms with van der Waals surface area (Å²) in [6, 6.07) is 0.680. The standard InChI is InChI=1S/C18H35N3O2/c1-15(2)20(3)13-17(22)19-16-7-11-21(12-8-16)14-18(23)9-5-4-6-10-18/h15-16,23H,4-14H2,1-3H3,(H,19,22). The Morgan fingerprint density at radius 2 is 1.87 bits per heavy atom. The van der Waals surface area contributed by atoms with Crippen molar-refractivity contribution in [2.45, 2.75) is 76.5 Å². The number of aliphatic hydroxyl groups is 1. The molecule has 23 heavy (non-hydrogen) atoms. The molecule has 1 saturated heterocycles. The summed E-state index contributed by atoms with van der Waals surface area (Å²) in [5, 5.41) is 13.8. The molecule has 2 aliphatic rings. The third kappa shape index (κ3) is 6.05. The molecule has 5 nitrogen and oxygen atoms in total. The predicted molar refractivity (Wildman–Crippen MR) is 93.4 cm³/mol. The Labute approximate surface area is 141 Å². The van der Waals surface area contributed by atoms with Gasteiger partial charge in [-0.25, -0.2) is 0 Å². The first-order chi connectivity index (χ1) is 10.9. The van der Waals surface area contributed by atoms with E-state index in [0.717, 1.165) is 58.2 Å². The Bertz CT molecular complexity index is 372. The highest BCUT2D eigenvalue weighted by Crippen LogP contribution is 2.29. The Kier molecular flexibility index (Phi) is 6.86. The van der Waals surface area contributed by atoms with E-state index >= 15 is 0 Å². The van der Waals surface area contributed by atoms with E-state index in [1.165, 1.54) is 6.42 Å². The van der Waals surface area contributed by atoms with Crippen molar-refractivity contribution >= 4 is 5.91 Å². The summed E-state index contributed by atoms with van der Waals surface area (Å²) in [5.41, 5.74) is -0.464. The fraction of sp³-hybridized carbons (Fsp3) is 0.944. The number of nitrogens with one attached hydrogen (secondary N) is 1.